The van der Waals surface area contributed by atoms with E-state index in [-0.39, 0.29) is 11.7 Å². The second-order valence-electron chi connectivity index (χ2n) is 4.09. The molecule has 0 saturated heterocycles. The highest BCUT2D eigenvalue weighted by Crippen LogP contribution is 2.24. The topological polar surface area (TPSA) is 59.1 Å². The monoisotopic (exact) mass is 294 g/mol. The molecule has 2 aromatic heterocycles. The van der Waals surface area contributed by atoms with Gasteiger partial charge in [-0.2, -0.15) is 0 Å². The van der Waals surface area contributed by atoms with Gasteiger partial charge in [-0.15, -0.1) is 22.7 Å². The third kappa shape index (κ3) is 3.08. The van der Waals surface area contributed by atoms with Crippen molar-refractivity contribution in [2.75, 3.05) is 5.32 Å². The smallest absolute Gasteiger partial charge is 0.267 e. The molecule has 0 aliphatic rings. The molecule has 0 aliphatic heterocycles. The van der Waals surface area contributed by atoms with E-state index >= 15 is 0 Å². The molecule has 2 heterocycles. The zero-order valence-electron chi connectivity index (χ0n) is 10.9. The summed E-state index contributed by atoms with van der Waals surface area (Å²) in [6.45, 7) is 5.53. The van der Waals surface area contributed by atoms with Gasteiger partial charge in [0, 0.05) is 17.2 Å². The van der Waals surface area contributed by atoms with Crippen molar-refractivity contribution in [1.82, 2.24) is 4.98 Å². The Hall–Kier alpha value is -1.53. The van der Waals surface area contributed by atoms with E-state index in [0.29, 0.717) is 15.7 Å². The van der Waals surface area contributed by atoms with Crippen LogP contribution in [0.15, 0.2) is 11.4 Å². The summed E-state index contributed by atoms with van der Waals surface area (Å²) in [7, 11) is 0. The first-order valence-corrected chi connectivity index (χ1v) is 7.58. The quantitative estimate of drug-likeness (QED) is 0.878. The summed E-state index contributed by atoms with van der Waals surface area (Å²) in [4.78, 5) is 29.1. The summed E-state index contributed by atoms with van der Waals surface area (Å²) in [5, 5.41) is 4.83. The van der Waals surface area contributed by atoms with Crippen LogP contribution in [0.3, 0.4) is 0 Å². The Bertz CT molecular complexity index is 628. The number of Topliss-reactive ketones (excluding diaryl/α,β-unsaturated/α-hetero) is 1. The highest BCUT2D eigenvalue weighted by Gasteiger charge is 2.14. The van der Waals surface area contributed by atoms with Gasteiger partial charge in [-0.05, 0) is 25.0 Å². The van der Waals surface area contributed by atoms with Gasteiger partial charge in [0.15, 0.2) is 10.9 Å². The average molecular weight is 294 g/mol. The minimum atomic E-state index is -0.169. The number of anilines is 1. The van der Waals surface area contributed by atoms with E-state index in [1.165, 1.54) is 35.2 Å². The molecule has 2 rings (SSSR count). The van der Waals surface area contributed by atoms with Gasteiger partial charge >= 0.3 is 0 Å². The van der Waals surface area contributed by atoms with Crippen molar-refractivity contribution < 1.29 is 9.59 Å². The summed E-state index contributed by atoms with van der Waals surface area (Å²) in [5.74, 6) is -0.269. The fraction of sp³-hybridized carbons (Fsp3) is 0.308. The molecule has 1 N–H and O–H groups in total. The molecule has 19 heavy (non-hydrogen) atoms. The Labute approximate surface area is 119 Å². The minimum absolute atomic E-state index is 0.100. The van der Waals surface area contributed by atoms with Crippen molar-refractivity contribution in [2.24, 2.45) is 0 Å². The largest absolute Gasteiger partial charge is 0.297 e. The Balaban J connectivity index is 2.13. The lowest BCUT2D eigenvalue weighted by Gasteiger charge is -1.97. The van der Waals surface area contributed by atoms with Crippen LogP contribution in [0.2, 0.25) is 0 Å². The third-order valence-electron chi connectivity index (χ3n) is 2.71. The molecule has 0 spiro atoms. The summed E-state index contributed by atoms with van der Waals surface area (Å²) in [6, 6.07) is 1.91. The fourth-order valence-corrected chi connectivity index (χ4v) is 3.39. The number of ketones is 1. The van der Waals surface area contributed by atoms with Crippen LogP contribution in [0.5, 0.6) is 0 Å². The Morgan fingerprint density at radius 1 is 1.42 bits per heavy atom. The maximum Gasteiger partial charge on any atom is 0.267 e. The number of thiazole rings is 1. The zero-order valence-corrected chi connectivity index (χ0v) is 12.6. The number of carbonyl (C=O) groups is 2. The van der Waals surface area contributed by atoms with E-state index in [9.17, 15) is 9.59 Å². The van der Waals surface area contributed by atoms with Crippen molar-refractivity contribution in [1.29, 1.82) is 0 Å². The van der Waals surface area contributed by atoms with Crippen molar-refractivity contribution in [3.63, 3.8) is 0 Å². The molecule has 1 amide bonds. The predicted molar refractivity (Wildman–Crippen MR) is 78.5 cm³/mol. The standard InChI is InChI=1S/C13H14N2O2S2/c1-4-9-5-11(19-8(9)3)12(17)15-13-14-10(6-18-13)7(2)16/h5-6H,4H2,1-3H3,(H,14,15,17). The minimum Gasteiger partial charge on any atom is -0.297 e. The lowest BCUT2D eigenvalue weighted by Crippen LogP contribution is -2.10. The Morgan fingerprint density at radius 3 is 2.68 bits per heavy atom. The first-order valence-electron chi connectivity index (χ1n) is 5.88. The number of hydrogen-bond acceptors (Lipinski definition) is 5. The molecule has 0 bridgehead atoms. The van der Waals surface area contributed by atoms with Crippen molar-refractivity contribution in [3.8, 4) is 0 Å². The number of aromatic nitrogens is 1. The molecule has 0 aromatic carbocycles. The van der Waals surface area contributed by atoms with Gasteiger partial charge in [0.05, 0.1) is 4.88 Å². The molecule has 4 nitrogen and oxygen atoms in total. The van der Waals surface area contributed by atoms with Gasteiger partial charge in [0.2, 0.25) is 0 Å². The maximum atomic E-state index is 12.1. The lowest BCUT2D eigenvalue weighted by molar-refractivity contribution is 0.100. The van der Waals surface area contributed by atoms with Gasteiger partial charge < -0.3 is 0 Å². The van der Waals surface area contributed by atoms with Crippen LogP contribution in [-0.4, -0.2) is 16.7 Å². The second-order valence-corrected chi connectivity index (χ2v) is 6.21. The van der Waals surface area contributed by atoms with E-state index < -0.39 is 0 Å². The van der Waals surface area contributed by atoms with E-state index in [2.05, 4.69) is 17.2 Å². The van der Waals surface area contributed by atoms with Gasteiger partial charge in [-0.25, -0.2) is 4.98 Å². The number of hydrogen-bond donors (Lipinski definition) is 1. The van der Waals surface area contributed by atoms with Crippen LogP contribution in [-0.2, 0) is 6.42 Å². The van der Waals surface area contributed by atoms with Gasteiger partial charge in [-0.3, -0.25) is 14.9 Å². The number of amides is 1. The van der Waals surface area contributed by atoms with Crippen LogP contribution in [0.1, 0.15) is 44.4 Å². The van der Waals surface area contributed by atoms with Gasteiger partial charge in [0.1, 0.15) is 5.69 Å². The molecule has 0 radical (unpaired) electrons. The number of nitrogens with zero attached hydrogens (tertiary/aromatic N) is 1. The van der Waals surface area contributed by atoms with Crippen LogP contribution in [0, 0.1) is 6.92 Å². The zero-order chi connectivity index (χ0) is 14.0. The second kappa shape index (κ2) is 5.63. The van der Waals surface area contributed by atoms with E-state index in [0.717, 1.165) is 11.3 Å². The van der Waals surface area contributed by atoms with Gasteiger partial charge in [0.25, 0.3) is 5.91 Å². The average Bonchev–Trinajstić information content (AvgIpc) is 2.95. The highest BCUT2D eigenvalue weighted by atomic mass is 32.1. The SMILES string of the molecule is CCc1cc(C(=O)Nc2nc(C(C)=O)cs2)sc1C. The molecule has 0 atom stereocenters. The normalized spacial score (nSPS) is 10.5. The van der Waals surface area contributed by atoms with Gasteiger partial charge in [-0.1, -0.05) is 6.92 Å². The first kappa shape index (κ1) is 13.9. The number of nitrogens with one attached hydrogen (secondary N) is 1. The Kier molecular flexibility index (Phi) is 4.11. The molecule has 0 aliphatic carbocycles. The molecule has 0 unspecified atom stereocenters. The fourth-order valence-electron chi connectivity index (χ4n) is 1.63. The first-order chi connectivity index (χ1) is 9.01. The summed E-state index contributed by atoms with van der Waals surface area (Å²) < 4.78 is 0. The summed E-state index contributed by atoms with van der Waals surface area (Å²) >= 11 is 2.74. The maximum absolute atomic E-state index is 12.1. The number of aryl methyl sites for hydroxylation is 2. The van der Waals surface area contributed by atoms with Crippen molar-refractivity contribution in [2.45, 2.75) is 27.2 Å². The van der Waals surface area contributed by atoms with E-state index in [1.807, 2.05) is 13.0 Å². The third-order valence-corrected chi connectivity index (χ3v) is 4.56. The van der Waals surface area contributed by atoms with E-state index in [4.69, 9.17) is 0 Å². The number of thiophene rings is 1. The molecule has 100 valence electrons. The van der Waals surface area contributed by atoms with Crippen molar-refractivity contribution in [3.05, 3.63) is 32.5 Å². The Morgan fingerprint density at radius 2 is 2.16 bits per heavy atom. The molecular formula is C13H14N2O2S2. The van der Waals surface area contributed by atoms with Crippen LogP contribution in [0.4, 0.5) is 5.13 Å². The summed E-state index contributed by atoms with van der Waals surface area (Å²) in [5.41, 5.74) is 1.58. The van der Waals surface area contributed by atoms with Crippen LogP contribution < -0.4 is 5.32 Å². The van der Waals surface area contributed by atoms with Crippen LogP contribution in [0.25, 0.3) is 0 Å². The molecule has 2 aromatic rings. The predicted octanol–water partition coefficient (Wildman–Crippen LogP) is 3.53. The molecule has 6 heteroatoms. The molecule has 0 saturated carbocycles. The number of carbonyl (C=O) groups excluding carboxylic acids is 2. The highest BCUT2D eigenvalue weighted by molar-refractivity contribution is 7.15. The van der Waals surface area contributed by atoms with Crippen molar-refractivity contribution >= 4 is 39.5 Å². The number of rotatable bonds is 4. The molecular weight excluding hydrogens is 280 g/mol. The molecule has 0 fully saturated rings. The summed E-state index contributed by atoms with van der Waals surface area (Å²) in [6.07, 6.45) is 0.918. The lowest BCUT2D eigenvalue weighted by atomic mass is 10.2. The van der Waals surface area contributed by atoms with E-state index in [1.54, 1.807) is 5.38 Å². The van der Waals surface area contributed by atoms with Crippen LogP contribution >= 0.6 is 22.7 Å².